The van der Waals surface area contributed by atoms with Crippen LogP contribution in [-0.2, 0) is 11.1 Å². The summed E-state index contributed by atoms with van der Waals surface area (Å²) in [5, 5.41) is 14.0. The Labute approximate surface area is 148 Å². The molecule has 0 amide bonds. The Morgan fingerprint density at radius 2 is 2.10 bits per heavy atom. The molecule has 0 fully saturated rings. The van der Waals surface area contributed by atoms with Gasteiger partial charge in [0.15, 0.2) is 0 Å². The molecule has 0 aliphatic carbocycles. The van der Waals surface area contributed by atoms with Crippen molar-refractivity contribution in [3.63, 3.8) is 0 Å². The van der Waals surface area contributed by atoms with E-state index in [0.29, 0.717) is 12.1 Å². The summed E-state index contributed by atoms with van der Waals surface area (Å²) in [6.07, 6.45) is 1.49. The van der Waals surface area contributed by atoms with Crippen LogP contribution in [0.15, 0.2) is 23.1 Å². The van der Waals surface area contributed by atoms with E-state index < -0.39 is 16.0 Å². The Morgan fingerprint density at radius 3 is 2.57 bits per heavy atom. The second kappa shape index (κ2) is 9.50. The summed E-state index contributed by atoms with van der Waals surface area (Å²) in [6.45, 7) is 3.84. The van der Waals surface area contributed by atoms with Gasteiger partial charge in [0.1, 0.15) is 5.69 Å². The first-order valence-corrected chi connectivity index (χ1v) is 7.32. The second-order valence-electron chi connectivity index (χ2n) is 4.62. The first-order valence-electron chi connectivity index (χ1n) is 6.25. The number of hydrogen-bond acceptors (Lipinski definition) is 6. The molecule has 1 aromatic rings. The van der Waals surface area contributed by atoms with E-state index in [0.717, 1.165) is 12.5 Å². The van der Waals surface area contributed by atoms with Gasteiger partial charge in [-0.15, -0.1) is 0 Å². The van der Waals surface area contributed by atoms with Crippen LogP contribution in [0.2, 0.25) is 0 Å². The molecule has 112 valence electrons. The zero-order valence-corrected chi connectivity index (χ0v) is 15.2. The fourth-order valence-electron chi connectivity index (χ4n) is 1.83. The van der Waals surface area contributed by atoms with Gasteiger partial charge in [-0.25, -0.2) is 0 Å². The van der Waals surface area contributed by atoms with Crippen molar-refractivity contribution in [2.24, 2.45) is 5.73 Å². The quantitative estimate of drug-likeness (QED) is 0.280. The number of nitrogens with two attached hydrogens (primary N) is 1. The number of hydrogen-bond donors (Lipinski definition) is 2. The van der Waals surface area contributed by atoms with E-state index in [-0.39, 0.29) is 52.2 Å². The molecule has 0 heterocycles. The molecular formula is C12H18N3NaO4S. The molecule has 1 aromatic carbocycles. The Balaban J connectivity index is 0.00000400. The van der Waals surface area contributed by atoms with Crippen molar-refractivity contribution in [3.05, 3.63) is 28.3 Å². The van der Waals surface area contributed by atoms with Crippen molar-refractivity contribution < 1.29 is 43.2 Å². The average Bonchev–Trinajstić information content (AvgIpc) is 2.38. The van der Waals surface area contributed by atoms with E-state index in [1.807, 2.05) is 13.8 Å². The molecule has 3 unspecified atom stereocenters. The summed E-state index contributed by atoms with van der Waals surface area (Å²) in [5.41, 5.74) is 5.86. The van der Waals surface area contributed by atoms with Gasteiger partial charge < -0.3 is 15.6 Å². The Kier molecular flexibility index (Phi) is 9.26. The van der Waals surface area contributed by atoms with Crippen molar-refractivity contribution in [2.45, 2.75) is 43.7 Å². The van der Waals surface area contributed by atoms with Crippen molar-refractivity contribution >= 4 is 22.5 Å². The molecule has 9 heteroatoms. The van der Waals surface area contributed by atoms with E-state index in [1.165, 1.54) is 12.1 Å². The number of benzene rings is 1. The number of nitro groups is 1. The van der Waals surface area contributed by atoms with E-state index in [9.17, 15) is 18.9 Å². The van der Waals surface area contributed by atoms with Gasteiger partial charge in [-0.3, -0.25) is 14.3 Å². The molecule has 3 N–H and O–H groups in total. The molecular weight excluding hydrogens is 305 g/mol. The van der Waals surface area contributed by atoms with Crippen LogP contribution >= 0.6 is 0 Å². The zero-order valence-electron chi connectivity index (χ0n) is 12.4. The van der Waals surface area contributed by atoms with Crippen molar-refractivity contribution in [1.29, 1.82) is 0 Å². The van der Waals surface area contributed by atoms with Gasteiger partial charge >= 0.3 is 29.6 Å². The number of nitro benzene ring substituents is 1. The van der Waals surface area contributed by atoms with E-state index in [1.54, 1.807) is 0 Å². The van der Waals surface area contributed by atoms with Gasteiger partial charge in [0.05, 0.1) is 4.92 Å². The standard InChI is InChI=1S/C12H19N3O4S.Na/c1-3-9(13)6-8(2)14-11-5-4-10(20(18)19)7-12(11)15(16)17;/h4-5,7-9,14H,3,6,13H2,1-2H3,(H,18,19);/q;+1/p-1. The Bertz CT molecular complexity index is 515. The molecule has 0 saturated carbocycles. The van der Waals surface area contributed by atoms with Gasteiger partial charge in [0, 0.05) is 23.0 Å². The normalized spacial score (nSPS) is 14.7. The summed E-state index contributed by atoms with van der Waals surface area (Å²) < 4.78 is 21.7. The molecule has 7 nitrogen and oxygen atoms in total. The molecule has 21 heavy (non-hydrogen) atoms. The fourth-order valence-corrected chi connectivity index (χ4v) is 2.22. The third-order valence-corrected chi connectivity index (χ3v) is 3.58. The van der Waals surface area contributed by atoms with E-state index >= 15 is 0 Å². The zero-order chi connectivity index (χ0) is 15.3. The third-order valence-electron chi connectivity index (χ3n) is 2.94. The first-order chi connectivity index (χ1) is 9.35. The summed E-state index contributed by atoms with van der Waals surface area (Å²) >= 11 is -2.49. The SMILES string of the molecule is CCC(N)CC(C)Nc1ccc(S(=O)[O-])cc1[N+](=O)[O-].[Na+]. The van der Waals surface area contributed by atoms with Crippen LogP contribution < -0.4 is 40.6 Å². The van der Waals surface area contributed by atoms with Gasteiger partial charge in [-0.1, -0.05) is 6.92 Å². The minimum absolute atomic E-state index is 0. The molecule has 0 aliphatic heterocycles. The van der Waals surface area contributed by atoms with E-state index in [2.05, 4.69) is 5.32 Å². The second-order valence-corrected chi connectivity index (χ2v) is 5.56. The summed E-state index contributed by atoms with van der Waals surface area (Å²) in [6, 6.07) is 3.73. The maximum Gasteiger partial charge on any atom is 1.00 e. The van der Waals surface area contributed by atoms with E-state index in [4.69, 9.17) is 5.73 Å². The average molecular weight is 323 g/mol. The monoisotopic (exact) mass is 323 g/mol. The molecule has 0 spiro atoms. The number of rotatable bonds is 7. The van der Waals surface area contributed by atoms with Crippen LogP contribution in [0.25, 0.3) is 0 Å². The maximum atomic E-state index is 11.0. The predicted octanol–water partition coefficient (Wildman–Crippen LogP) is -1.24. The van der Waals surface area contributed by atoms with Crippen LogP contribution in [0.1, 0.15) is 26.7 Å². The van der Waals surface area contributed by atoms with Gasteiger partial charge in [-0.05, 0) is 43.0 Å². The molecule has 1 rings (SSSR count). The van der Waals surface area contributed by atoms with Crippen molar-refractivity contribution in [1.82, 2.24) is 0 Å². The molecule has 0 radical (unpaired) electrons. The molecule has 0 aromatic heterocycles. The van der Waals surface area contributed by atoms with Crippen molar-refractivity contribution in [2.75, 3.05) is 5.32 Å². The van der Waals surface area contributed by atoms with Gasteiger partial charge in [0.25, 0.3) is 5.69 Å². The Morgan fingerprint density at radius 1 is 1.48 bits per heavy atom. The minimum Gasteiger partial charge on any atom is -0.768 e. The van der Waals surface area contributed by atoms with Crippen LogP contribution in [0, 0.1) is 10.1 Å². The largest absolute Gasteiger partial charge is 1.00 e. The topological polar surface area (TPSA) is 121 Å². The first kappa shape index (κ1) is 20.5. The van der Waals surface area contributed by atoms with Crippen LogP contribution in [0.3, 0.4) is 0 Å². The maximum absolute atomic E-state index is 11.0. The number of nitrogens with zero attached hydrogens (tertiary/aromatic N) is 1. The predicted molar refractivity (Wildman–Crippen MR) is 76.3 cm³/mol. The molecule has 0 bridgehead atoms. The van der Waals surface area contributed by atoms with Crippen LogP contribution in [0.4, 0.5) is 11.4 Å². The van der Waals surface area contributed by atoms with Crippen LogP contribution in [-0.4, -0.2) is 25.8 Å². The fraction of sp³-hybridized carbons (Fsp3) is 0.500. The molecule has 0 saturated heterocycles. The summed E-state index contributed by atoms with van der Waals surface area (Å²) in [7, 11) is 0. The summed E-state index contributed by atoms with van der Waals surface area (Å²) in [4.78, 5) is 10.3. The third kappa shape index (κ3) is 6.41. The minimum atomic E-state index is -2.49. The molecule has 3 atom stereocenters. The van der Waals surface area contributed by atoms with Gasteiger partial charge in [-0.2, -0.15) is 0 Å². The summed E-state index contributed by atoms with van der Waals surface area (Å²) in [5.74, 6) is 0. The number of nitrogens with one attached hydrogen (secondary N) is 1. The number of anilines is 1. The smallest absolute Gasteiger partial charge is 0.768 e. The molecule has 0 aliphatic rings. The van der Waals surface area contributed by atoms with Crippen LogP contribution in [0.5, 0.6) is 0 Å². The van der Waals surface area contributed by atoms with Crippen molar-refractivity contribution in [3.8, 4) is 0 Å². The van der Waals surface area contributed by atoms with Gasteiger partial charge in [0.2, 0.25) is 0 Å². The Hall–Kier alpha value is -0.510.